The third kappa shape index (κ3) is 5.15. The van der Waals surface area contributed by atoms with Crippen LogP contribution in [0.1, 0.15) is 24.8 Å². The second kappa shape index (κ2) is 8.54. The highest BCUT2D eigenvalue weighted by Crippen LogP contribution is 2.19. The lowest BCUT2D eigenvalue weighted by Crippen LogP contribution is -2.53. The number of nitrogens with zero attached hydrogens (tertiary/aromatic N) is 1. The second-order valence-electron chi connectivity index (χ2n) is 5.94. The highest BCUT2D eigenvalue weighted by atomic mass is 16.5. The van der Waals surface area contributed by atoms with E-state index in [0.717, 1.165) is 17.6 Å². The Morgan fingerprint density at radius 1 is 1.18 bits per heavy atom. The van der Waals surface area contributed by atoms with Crippen LogP contribution in [0.3, 0.4) is 0 Å². The summed E-state index contributed by atoms with van der Waals surface area (Å²) in [6, 6.07) is 10.4. The van der Waals surface area contributed by atoms with E-state index in [1.165, 1.54) is 44.0 Å². The molecule has 2 rings (SSSR count). The van der Waals surface area contributed by atoms with Crippen LogP contribution in [-0.2, 0) is 9.53 Å². The normalized spacial score (nSPS) is 17.3. The molecule has 1 saturated heterocycles. The molecule has 1 aliphatic heterocycles. The van der Waals surface area contributed by atoms with Gasteiger partial charge in [0.05, 0.1) is 19.6 Å². The minimum absolute atomic E-state index is 0.324. The fourth-order valence-electron chi connectivity index (χ4n) is 3.06. The molecule has 1 aliphatic rings. The van der Waals surface area contributed by atoms with Crippen LogP contribution in [0.4, 0.5) is 0 Å². The second-order valence-corrected chi connectivity index (χ2v) is 5.94. The number of hydrogen-bond donors (Lipinski definition) is 0. The Kier molecular flexibility index (Phi) is 6.41. The molecule has 1 heterocycles. The van der Waals surface area contributed by atoms with Crippen molar-refractivity contribution in [3.8, 4) is 0 Å². The van der Waals surface area contributed by atoms with Gasteiger partial charge in [0, 0.05) is 6.08 Å². The van der Waals surface area contributed by atoms with Gasteiger partial charge in [0.1, 0.15) is 13.2 Å². The number of ether oxygens (including phenoxy) is 1. The molecule has 0 unspecified atom stereocenters. The van der Waals surface area contributed by atoms with Crippen molar-refractivity contribution >= 4 is 12.0 Å². The maximum absolute atomic E-state index is 11.2. The summed E-state index contributed by atoms with van der Waals surface area (Å²) < 4.78 is 6.21. The van der Waals surface area contributed by atoms with Crippen LogP contribution in [0, 0.1) is 0 Å². The van der Waals surface area contributed by atoms with Gasteiger partial charge < -0.3 is 9.22 Å². The van der Waals surface area contributed by atoms with Gasteiger partial charge in [-0.05, 0) is 30.9 Å². The number of quaternary nitrogens is 1. The number of carbonyl (C=O) groups is 1. The molecule has 22 heavy (non-hydrogen) atoms. The van der Waals surface area contributed by atoms with Crippen molar-refractivity contribution in [3.63, 3.8) is 0 Å². The lowest BCUT2D eigenvalue weighted by Gasteiger charge is -2.40. The summed E-state index contributed by atoms with van der Waals surface area (Å²) in [5, 5.41) is 0. The van der Waals surface area contributed by atoms with Crippen molar-refractivity contribution in [1.82, 2.24) is 0 Å². The van der Waals surface area contributed by atoms with Crippen molar-refractivity contribution in [2.24, 2.45) is 0 Å². The maximum Gasteiger partial charge on any atom is 0.330 e. The molecule has 0 aliphatic carbocycles. The minimum Gasteiger partial charge on any atom is -0.457 e. The van der Waals surface area contributed by atoms with Gasteiger partial charge in [0.2, 0.25) is 0 Å². The fourth-order valence-corrected chi connectivity index (χ4v) is 3.06. The molecular formula is C19H26NO2+. The third-order valence-electron chi connectivity index (χ3n) is 4.34. The summed E-state index contributed by atoms with van der Waals surface area (Å²) in [7, 11) is 0. The first kappa shape index (κ1) is 16.5. The molecule has 1 aromatic carbocycles. The SMILES string of the molecule is C=CC(=O)OCC[N+]1(CC=Cc2ccccc2)CCCCC1. The Bertz CT molecular complexity index is 501. The topological polar surface area (TPSA) is 26.3 Å². The van der Waals surface area contributed by atoms with E-state index in [0.29, 0.717) is 6.61 Å². The van der Waals surface area contributed by atoms with Crippen LogP contribution >= 0.6 is 0 Å². The van der Waals surface area contributed by atoms with Crippen LogP contribution in [-0.4, -0.2) is 43.2 Å². The largest absolute Gasteiger partial charge is 0.457 e. The monoisotopic (exact) mass is 300 g/mol. The highest BCUT2D eigenvalue weighted by molar-refractivity contribution is 5.81. The van der Waals surface area contributed by atoms with Gasteiger partial charge in [-0.25, -0.2) is 4.79 Å². The van der Waals surface area contributed by atoms with Crippen molar-refractivity contribution < 1.29 is 14.0 Å². The summed E-state index contributed by atoms with van der Waals surface area (Å²) >= 11 is 0. The van der Waals surface area contributed by atoms with E-state index >= 15 is 0 Å². The molecule has 0 N–H and O–H groups in total. The van der Waals surface area contributed by atoms with E-state index in [2.05, 4.69) is 43.0 Å². The van der Waals surface area contributed by atoms with E-state index in [1.807, 2.05) is 6.07 Å². The number of rotatable bonds is 7. The van der Waals surface area contributed by atoms with Crippen LogP contribution in [0.2, 0.25) is 0 Å². The van der Waals surface area contributed by atoms with Gasteiger partial charge in [-0.2, -0.15) is 0 Å². The Balaban J connectivity index is 1.91. The molecule has 1 aromatic rings. The van der Waals surface area contributed by atoms with E-state index < -0.39 is 0 Å². The van der Waals surface area contributed by atoms with Crippen molar-refractivity contribution in [2.45, 2.75) is 19.3 Å². The molecule has 1 fully saturated rings. The lowest BCUT2D eigenvalue weighted by atomic mass is 10.1. The molecule has 0 aromatic heterocycles. The molecule has 3 nitrogen and oxygen atoms in total. The lowest BCUT2D eigenvalue weighted by molar-refractivity contribution is -0.927. The zero-order valence-electron chi connectivity index (χ0n) is 13.2. The Labute approximate surface area is 133 Å². The number of piperidine rings is 1. The zero-order valence-corrected chi connectivity index (χ0v) is 13.2. The van der Waals surface area contributed by atoms with Crippen LogP contribution in [0.25, 0.3) is 6.08 Å². The molecular weight excluding hydrogens is 274 g/mol. The third-order valence-corrected chi connectivity index (χ3v) is 4.34. The summed E-state index contributed by atoms with van der Waals surface area (Å²) in [5.74, 6) is -0.324. The maximum atomic E-state index is 11.2. The Hall–Kier alpha value is -1.87. The summed E-state index contributed by atoms with van der Waals surface area (Å²) in [6.07, 6.45) is 9.51. The number of benzene rings is 1. The molecule has 0 radical (unpaired) electrons. The predicted octanol–water partition coefficient (Wildman–Crippen LogP) is 3.43. The van der Waals surface area contributed by atoms with Crippen molar-refractivity contribution in [3.05, 3.63) is 54.6 Å². The standard InChI is InChI=1S/C19H26NO2/c1-2-19(21)22-17-16-20(13-7-4-8-14-20)15-9-12-18-10-5-3-6-11-18/h2-3,5-6,9-12H,1,4,7-8,13-17H2/q+1. The molecule has 0 amide bonds. The van der Waals surface area contributed by atoms with E-state index in [4.69, 9.17) is 4.74 Å². The first-order chi connectivity index (χ1) is 10.7. The fraction of sp³-hybridized carbons (Fsp3) is 0.421. The highest BCUT2D eigenvalue weighted by Gasteiger charge is 2.28. The number of hydrogen-bond acceptors (Lipinski definition) is 2. The van der Waals surface area contributed by atoms with E-state index in [-0.39, 0.29) is 5.97 Å². The molecule has 118 valence electrons. The first-order valence-corrected chi connectivity index (χ1v) is 8.10. The predicted molar refractivity (Wildman–Crippen MR) is 90.2 cm³/mol. The van der Waals surface area contributed by atoms with Crippen LogP contribution in [0.15, 0.2) is 49.1 Å². The average molecular weight is 300 g/mol. The van der Waals surface area contributed by atoms with Gasteiger partial charge in [0.15, 0.2) is 0 Å². The van der Waals surface area contributed by atoms with Crippen LogP contribution < -0.4 is 0 Å². The Morgan fingerprint density at radius 3 is 2.59 bits per heavy atom. The number of carbonyl (C=O) groups excluding carboxylic acids is 1. The smallest absolute Gasteiger partial charge is 0.330 e. The zero-order chi connectivity index (χ0) is 15.7. The molecule has 0 spiro atoms. The summed E-state index contributed by atoms with van der Waals surface area (Å²) in [5.41, 5.74) is 1.23. The Morgan fingerprint density at radius 2 is 1.91 bits per heavy atom. The van der Waals surface area contributed by atoms with E-state index in [9.17, 15) is 4.79 Å². The molecule has 3 heteroatoms. The summed E-state index contributed by atoms with van der Waals surface area (Å²) in [6.45, 7) is 8.14. The molecule has 0 atom stereocenters. The van der Waals surface area contributed by atoms with Gasteiger partial charge in [-0.3, -0.25) is 0 Å². The average Bonchev–Trinajstić information content (AvgIpc) is 2.56. The number of esters is 1. The van der Waals surface area contributed by atoms with Gasteiger partial charge >= 0.3 is 5.97 Å². The first-order valence-electron chi connectivity index (χ1n) is 8.10. The molecule has 0 bridgehead atoms. The van der Waals surface area contributed by atoms with Gasteiger partial charge in [-0.15, -0.1) is 0 Å². The van der Waals surface area contributed by atoms with Crippen molar-refractivity contribution in [2.75, 3.05) is 32.8 Å². The van der Waals surface area contributed by atoms with Gasteiger partial charge in [0.25, 0.3) is 0 Å². The van der Waals surface area contributed by atoms with Crippen molar-refractivity contribution in [1.29, 1.82) is 0 Å². The van der Waals surface area contributed by atoms with E-state index in [1.54, 1.807) is 0 Å². The summed E-state index contributed by atoms with van der Waals surface area (Å²) in [4.78, 5) is 11.2. The minimum atomic E-state index is -0.324. The molecule has 0 saturated carbocycles. The van der Waals surface area contributed by atoms with Crippen LogP contribution in [0.5, 0.6) is 0 Å². The quantitative estimate of drug-likeness (QED) is 0.438. The number of likely N-dealkylation sites (tertiary alicyclic amines) is 1. The van der Waals surface area contributed by atoms with Gasteiger partial charge in [-0.1, -0.05) is 43.0 Å².